The van der Waals surface area contributed by atoms with Gasteiger partial charge in [0.15, 0.2) is 5.82 Å². The minimum absolute atomic E-state index is 0.386. The molecule has 86 valence electrons. The highest BCUT2D eigenvalue weighted by molar-refractivity contribution is 4.78. The average molecular weight is 214 g/mol. The Balaban J connectivity index is 2.04. The maximum absolute atomic E-state index is 5.40. The monoisotopic (exact) mass is 214 g/mol. The number of hydrogen-bond acceptors (Lipinski definition) is 5. The number of aryl methyl sites for hydroxylation is 1. The molecule has 0 aromatic carbocycles. The highest BCUT2D eigenvalue weighted by atomic mass is 16.5. The van der Waals surface area contributed by atoms with Gasteiger partial charge in [0.2, 0.25) is 0 Å². The molecular formula is C9H18N4O2. The van der Waals surface area contributed by atoms with E-state index in [1.807, 2.05) is 0 Å². The SMILES string of the molecule is COCCOCCCn1cnc(CN)n1. The number of nitrogens with two attached hydrogens (primary N) is 1. The fraction of sp³-hybridized carbons (Fsp3) is 0.778. The summed E-state index contributed by atoms with van der Waals surface area (Å²) in [4.78, 5) is 4.03. The summed E-state index contributed by atoms with van der Waals surface area (Å²) in [5.41, 5.74) is 5.40. The van der Waals surface area contributed by atoms with Crippen molar-refractivity contribution in [1.29, 1.82) is 0 Å². The Bertz CT molecular complexity index is 264. The Morgan fingerprint density at radius 2 is 2.27 bits per heavy atom. The van der Waals surface area contributed by atoms with E-state index < -0.39 is 0 Å². The van der Waals surface area contributed by atoms with Crippen LogP contribution in [-0.4, -0.2) is 41.7 Å². The van der Waals surface area contributed by atoms with Crippen molar-refractivity contribution in [2.45, 2.75) is 19.5 Å². The van der Waals surface area contributed by atoms with Crippen LogP contribution in [0.2, 0.25) is 0 Å². The van der Waals surface area contributed by atoms with Crippen LogP contribution in [-0.2, 0) is 22.6 Å². The Labute approximate surface area is 89.4 Å². The maximum atomic E-state index is 5.40. The van der Waals surface area contributed by atoms with Gasteiger partial charge in [0.1, 0.15) is 6.33 Å². The van der Waals surface area contributed by atoms with E-state index >= 15 is 0 Å². The summed E-state index contributed by atoms with van der Waals surface area (Å²) in [5, 5.41) is 4.16. The molecule has 0 aliphatic heterocycles. The molecule has 1 aromatic rings. The minimum Gasteiger partial charge on any atom is -0.382 e. The van der Waals surface area contributed by atoms with Gasteiger partial charge < -0.3 is 15.2 Å². The first kappa shape index (κ1) is 12.1. The third kappa shape index (κ3) is 4.87. The van der Waals surface area contributed by atoms with Crippen LogP contribution in [0.15, 0.2) is 6.33 Å². The van der Waals surface area contributed by atoms with Gasteiger partial charge in [0, 0.05) is 20.3 Å². The zero-order chi connectivity index (χ0) is 10.9. The zero-order valence-corrected chi connectivity index (χ0v) is 9.06. The van der Waals surface area contributed by atoms with Gasteiger partial charge in [-0.3, -0.25) is 4.68 Å². The maximum Gasteiger partial charge on any atom is 0.164 e. The first-order valence-corrected chi connectivity index (χ1v) is 5.02. The van der Waals surface area contributed by atoms with Crippen molar-refractivity contribution in [3.63, 3.8) is 0 Å². The third-order valence-corrected chi connectivity index (χ3v) is 1.87. The van der Waals surface area contributed by atoms with Crippen molar-refractivity contribution in [1.82, 2.24) is 14.8 Å². The van der Waals surface area contributed by atoms with Crippen molar-refractivity contribution in [2.75, 3.05) is 26.9 Å². The fourth-order valence-corrected chi connectivity index (χ4v) is 1.11. The number of hydrogen-bond donors (Lipinski definition) is 1. The summed E-state index contributed by atoms with van der Waals surface area (Å²) in [6.07, 6.45) is 2.61. The Morgan fingerprint density at radius 3 is 2.93 bits per heavy atom. The standard InChI is InChI=1S/C9H18N4O2/c1-14-5-6-15-4-2-3-13-8-11-9(7-10)12-13/h8H,2-7,10H2,1H3. The topological polar surface area (TPSA) is 75.2 Å². The predicted octanol–water partition coefficient (Wildman–Crippen LogP) is -0.210. The highest BCUT2D eigenvalue weighted by Gasteiger charge is 1.97. The molecule has 1 rings (SSSR count). The Kier molecular flexibility index (Phi) is 5.91. The number of methoxy groups -OCH3 is 1. The quantitative estimate of drug-likeness (QED) is 0.606. The highest BCUT2D eigenvalue weighted by Crippen LogP contribution is 1.92. The number of rotatable bonds is 8. The first-order valence-electron chi connectivity index (χ1n) is 5.02. The molecule has 0 bridgehead atoms. The summed E-state index contributed by atoms with van der Waals surface area (Å²) in [6.45, 7) is 3.18. The minimum atomic E-state index is 0.386. The van der Waals surface area contributed by atoms with E-state index in [9.17, 15) is 0 Å². The predicted molar refractivity (Wildman–Crippen MR) is 55.2 cm³/mol. The number of ether oxygens (including phenoxy) is 2. The zero-order valence-electron chi connectivity index (χ0n) is 9.06. The van der Waals surface area contributed by atoms with Crippen molar-refractivity contribution >= 4 is 0 Å². The second-order valence-electron chi connectivity index (χ2n) is 3.09. The van der Waals surface area contributed by atoms with E-state index in [0.717, 1.165) is 13.0 Å². The molecule has 0 unspecified atom stereocenters. The van der Waals surface area contributed by atoms with E-state index in [1.54, 1.807) is 18.1 Å². The molecule has 2 N–H and O–H groups in total. The lowest BCUT2D eigenvalue weighted by Gasteiger charge is -2.03. The van der Waals surface area contributed by atoms with Gasteiger partial charge in [-0.25, -0.2) is 4.98 Å². The second-order valence-corrected chi connectivity index (χ2v) is 3.09. The summed E-state index contributed by atoms with van der Waals surface area (Å²) in [7, 11) is 1.66. The van der Waals surface area contributed by atoms with Crippen LogP contribution in [0.4, 0.5) is 0 Å². The van der Waals surface area contributed by atoms with Crippen LogP contribution in [0, 0.1) is 0 Å². The van der Waals surface area contributed by atoms with Crippen LogP contribution in [0.5, 0.6) is 0 Å². The van der Waals surface area contributed by atoms with Crippen LogP contribution >= 0.6 is 0 Å². The lowest BCUT2D eigenvalue weighted by Crippen LogP contribution is -2.07. The molecule has 0 aliphatic rings. The van der Waals surface area contributed by atoms with E-state index in [-0.39, 0.29) is 0 Å². The molecule has 0 saturated heterocycles. The van der Waals surface area contributed by atoms with E-state index in [4.69, 9.17) is 15.2 Å². The van der Waals surface area contributed by atoms with Crippen LogP contribution < -0.4 is 5.73 Å². The molecule has 6 heteroatoms. The molecule has 1 heterocycles. The first-order chi connectivity index (χ1) is 7.36. The van der Waals surface area contributed by atoms with Gasteiger partial charge in [0.25, 0.3) is 0 Å². The van der Waals surface area contributed by atoms with Gasteiger partial charge in [-0.05, 0) is 6.42 Å². The lowest BCUT2D eigenvalue weighted by molar-refractivity contribution is 0.0677. The molecule has 0 amide bonds. The molecule has 0 spiro atoms. The molecule has 0 radical (unpaired) electrons. The summed E-state index contributed by atoms with van der Waals surface area (Å²) in [6, 6.07) is 0. The van der Waals surface area contributed by atoms with Crippen LogP contribution in [0.25, 0.3) is 0 Å². The Hall–Kier alpha value is -0.980. The molecule has 0 aliphatic carbocycles. The fourth-order valence-electron chi connectivity index (χ4n) is 1.11. The summed E-state index contributed by atoms with van der Waals surface area (Å²) < 4.78 is 12.0. The van der Waals surface area contributed by atoms with Crippen molar-refractivity contribution in [2.24, 2.45) is 5.73 Å². The van der Waals surface area contributed by atoms with E-state index in [1.165, 1.54) is 0 Å². The van der Waals surface area contributed by atoms with Gasteiger partial charge >= 0.3 is 0 Å². The largest absolute Gasteiger partial charge is 0.382 e. The van der Waals surface area contributed by atoms with Crippen molar-refractivity contribution < 1.29 is 9.47 Å². The number of aromatic nitrogens is 3. The van der Waals surface area contributed by atoms with Gasteiger partial charge in [0.05, 0.1) is 19.8 Å². The summed E-state index contributed by atoms with van der Waals surface area (Å²) in [5.74, 6) is 0.676. The van der Waals surface area contributed by atoms with Crippen molar-refractivity contribution in [3.05, 3.63) is 12.2 Å². The molecule has 1 aromatic heterocycles. The molecular weight excluding hydrogens is 196 g/mol. The molecule has 15 heavy (non-hydrogen) atoms. The van der Waals surface area contributed by atoms with Crippen molar-refractivity contribution in [3.8, 4) is 0 Å². The third-order valence-electron chi connectivity index (χ3n) is 1.87. The van der Waals surface area contributed by atoms with Gasteiger partial charge in [-0.15, -0.1) is 0 Å². The van der Waals surface area contributed by atoms with Gasteiger partial charge in [-0.1, -0.05) is 0 Å². The van der Waals surface area contributed by atoms with Crippen LogP contribution in [0.3, 0.4) is 0 Å². The molecule has 6 nitrogen and oxygen atoms in total. The molecule has 0 fully saturated rings. The lowest BCUT2D eigenvalue weighted by atomic mass is 10.4. The van der Waals surface area contributed by atoms with Gasteiger partial charge in [-0.2, -0.15) is 5.10 Å². The van der Waals surface area contributed by atoms with Crippen LogP contribution in [0.1, 0.15) is 12.2 Å². The number of nitrogens with zero attached hydrogens (tertiary/aromatic N) is 3. The average Bonchev–Trinajstić information content (AvgIpc) is 2.71. The summed E-state index contributed by atoms with van der Waals surface area (Å²) >= 11 is 0. The van der Waals surface area contributed by atoms with E-state index in [2.05, 4.69) is 10.1 Å². The second kappa shape index (κ2) is 7.33. The normalized spacial score (nSPS) is 10.8. The molecule has 0 saturated carbocycles. The Morgan fingerprint density at radius 1 is 1.40 bits per heavy atom. The van der Waals surface area contributed by atoms with E-state index in [0.29, 0.717) is 32.2 Å². The smallest absolute Gasteiger partial charge is 0.164 e. The molecule has 0 atom stereocenters.